The number of nitrogens with zero attached hydrogens (tertiary/aromatic N) is 1. The largest absolute Gasteiger partial charge is 0.478 e. The molecule has 6 nitrogen and oxygen atoms in total. The van der Waals surface area contributed by atoms with E-state index in [4.69, 9.17) is 5.11 Å². The molecule has 0 radical (unpaired) electrons. The van der Waals surface area contributed by atoms with Crippen molar-refractivity contribution in [3.8, 4) is 0 Å². The van der Waals surface area contributed by atoms with E-state index in [1.54, 1.807) is 24.3 Å². The maximum atomic E-state index is 11.2. The fourth-order valence-electron chi connectivity index (χ4n) is 1.83. The van der Waals surface area contributed by atoms with Crippen LogP contribution in [0.5, 0.6) is 0 Å². The molecular weight excluding hydrogens is 364 g/mol. The van der Waals surface area contributed by atoms with E-state index in [1.807, 2.05) is 19.9 Å². The topological polar surface area (TPSA) is 92.5 Å². The number of hydrogen-bond donors (Lipinski definition) is 2. The second-order valence-corrected chi connectivity index (χ2v) is 5.16. The van der Waals surface area contributed by atoms with Crippen LogP contribution in [0.15, 0.2) is 63.9 Å². The number of nitro groups is 1. The smallest absolute Gasteiger partial charge is 0.335 e. The molecule has 2 N–H and O–H groups in total. The number of carbonyl (C=O) groups is 1. The molecule has 1 aliphatic rings. The van der Waals surface area contributed by atoms with E-state index in [0.717, 1.165) is 10.5 Å². The lowest BCUT2D eigenvalue weighted by Crippen LogP contribution is -2.10. The number of rotatable bonds is 4. The standard InChI is InChI=1S/C14H11BrN2O4.C2H6/c15-10-4-2-5-11(8-10)16-12-6-1-3-9(14(18)19)7-13(12)17(20)21;1-2/h2-8,16H,1H2,(H,18,19);1-2H3. The number of hydrogen-bond acceptors (Lipinski definition) is 4. The number of allylic oxidation sites excluding steroid dienone is 2. The van der Waals surface area contributed by atoms with Crippen LogP contribution in [0.4, 0.5) is 5.69 Å². The highest BCUT2D eigenvalue weighted by atomic mass is 79.9. The average molecular weight is 381 g/mol. The minimum absolute atomic E-state index is 0.0935. The van der Waals surface area contributed by atoms with E-state index < -0.39 is 10.9 Å². The number of benzene rings is 1. The fourth-order valence-corrected chi connectivity index (χ4v) is 2.23. The van der Waals surface area contributed by atoms with Crippen molar-refractivity contribution < 1.29 is 14.8 Å². The highest BCUT2D eigenvalue weighted by molar-refractivity contribution is 9.10. The number of carboxylic acid groups (broad SMARTS) is 1. The van der Waals surface area contributed by atoms with Gasteiger partial charge in [-0.15, -0.1) is 0 Å². The molecule has 0 saturated heterocycles. The molecule has 0 atom stereocenters. The fraction of sp³-hybridized carbons (Fsp3) is 0.188. The van der Waals surface area contributed by atoms with E-state index in [2.05, 4.69) is 21.2 Å². The maximum absolute atomic E-state index is 11.2. The summed E-state index contributed by atoms with van der Waals surface area (Å²) in [6.07, 6.45) is 4.38. The molecule has 0 unspecified atom stereocenters. The zero-order valence-electron chi connectivity index (χ0n) is 12.7. The predicted octanol–water partition coefficient (Wildman–Crippen LogP) is 4.35. The molecular formula is C16H17BrN2O4. The van der Waals surface area contributed by atoms with Crippen LogP contribution in [0.25, 0.3) is 0 Å². The highest BCUT2D eigenvalue weighted by Gasteiger charge is 2.22. The molecule has 122 valence electrons. The summed E-state index contributed by atoms with van der Waals surface area (Å²) in [6, 6.07) is 7.16. The second-order valence-electron chi connectivity index (χ2n) is 4.24. The first-order valence-corrected chi connectivity index (χ1v) is 7.79. The number of halogens is 1. The van der Waals surface area contributed by atoms with Crippen molar-refractivity contribution in [1.82, 2.24) is 0 Å². The number of nitrogens with one attached hydrogen (secondary N) is 1. The third kappa shape index (κ3) is 5.37. The maximum Gasteiger partial charge on any atom is 0.335 e. The lowest BCUT2D eigenvalue weighted by Gasteiger charge is -2.08. The highest BCUT2D eigenvalue weighted by Crippen LogP contribution is 2.23. The third-order valence-electron chi connectivity index (χ3n) is 2.78. The van der Waals surface area contributed by atoms with Gasteiger partial charge in [0, 0.05) is 16.2 Å². The normalized spacial score (nSPS) is 13.4. The SMILES string of the molecule is CC.O=C(O)C1=CCC=C(Nc2cccc(Br)c2)C([N+](=O)[O-])=C1. The third-order valence-corrected chi connectivity index (χ3v) is 3.27. The van der Waals surface area contributed by atoms with Gasteiger partial charge in [0.1, 0.15) is 5.70 Å². The van der Waals surface area contributed by atoms with Crippen molar-refractivity contribution >= 4 is 27.6 Å². The molecule has 0 saturated carbocycles. The Bertz CT molecular complexity index is 693. The van der Waals surface area contributed by atoms with Crippen LogP contribution in [-0.2, 0) is 4.79 Å². The number of anilines is 1. The van der Waals surface area contributed by atoms with E-state index in [9.17, 15) is 14.9 Å². The van der Waals surface area contributed by atoms with Crippen LogP contribution in [0.3, 0.4) is 0 Å². The molecule has 1 aliphatic carbocycles. The van der Waals surface area contributed by atoms with Gasteiger partial charge in [0.15, 0.2) is 0 Å². The molecule has 0 aliphatic heterocycles. The van der Waals surface area contributed by atoms with Crippen molar-refractivity contribution in [2.45, 2.75) is 20.3 Å². The summed E-state index contributed by atoms with van der Waals surface area (Å²) < 4.78 is 0.831. The first-order chi connectivity index (χ1) is 11.0. The van der Waals surface area contributed by atoms with E-state index in [0.29, 0.717) is 12.1 Å². The van der Waals surface area contributed by atoms with Gasteiger partial charge in [-0.3, -0.25) is 10.1 Å². The van der Waals surface area contributed by atoms with Gasteiger partial charge in [-0.2, -0.15) is 0 Å². The van der Waals surface area contributed by atoms with Gasteiger partial charge in [-0.05, 0) is 24.6 Å². The average Bonchev–Trinajstić information content (AvgIpc) is 2.72. The van der Waals surface area contributed by atoms with Gasteiger partial charge < -0.3 is 10.4 Å². The minimum atomic E-state index is -1.19. The molecule has 0 heterocycles. The van der Waals surface area contributed by atoms with Gasteiger partial charge in [-0.25, -0.2) is 4.79 Å². The van der Waals surface area contributed by atoms with E-state index in [-0.39, 0.29) is 17.0 Å². The quantitative estimate of drug-likeness (QED) is 0.598. The molecule has 1 aromatic rings. The Morgan fingerprint density at radius 1 is 1.35 bits per heavy atom. The number of aliphatic carboxylic acids is 1. The summed E-state index contributed by atoms with van der Waals surface area (Å²) in [5.41, 5.74) is 0.567. The monoisotopic (exact) mass is 380 g/mol. The Morgan fingerprint density at radius 2 is 2.04 bits per heavy atom. The molecule has 0 amide bonds. The van der Waals surface area contributed by atoms with Crippen LogP contribution in [0.2, 0.25) is 0 Å². The summed E-state index contributed by atoms with van der Waals surface area (Å²) in [7, 11) is 0. The Hall–Kier alpha value is -2.41. The zero-order valence-corrected chi connectivity index (χ0v) is 14.3. The van der Waals surface area contributed by atoms with Crippen molar-refractivity contribution in [3.05, 3.63) is 74.0 Å². The summed E-state index contributed by atoms with van der Waals surface area (Å²) in [4.78, 5) is 21.6. The van der Waals surface area contributed by atoms with Crippen molar-refractivity contribution in [2.75, 3.05) is 5.32 Å². The minimum Gasteiger partial charge on any atom is -0.478 e. The van der Waals surface area contributed by atoms with Crippen LogP contribution >= 0.6 is 15.9 Å². The Balaban J connectivity index is 0.00000127. The molecule has 1 aromatic carbocycles. The van der Waals surface area contributed by atoms with E-state index >= 15 is 0 Å². The summed E-state index contributed by atoms with van der Waals surface area (Å²) in [5.74, 6) is -1.19. The first kappa shape index (κ1) is 18.6. The number of carboxylic acids is 1. The van der Waals surface area contributed by atoms with Gasteiger partial charge in [0.25, 0.3) is 5.70 Å². The van der Waals surface area contributed by atoms with Crippen LogP contribution < -0.4 is 5.32 Å². The summed E-state index contributed by atoms with van der Waals surface area (Å²) in [6.45, 7) is 4.00. The van der Waals surface area contributed by atoms with Gasteiger partial charge >= 0.3 is 5.97 Å². The Kier molecular flexibility index (Phi) is 7.21. The van der Waals surface area contributed by atoms with Crippen molar-refractivity contribution in [1.29, 1.82) is 0 Å². The summed E-state index contributed by atoms with van der Waals surface area (Å²) in [5, 5.41) is 23.1. The molecule has 0 aromatic heterocycles. The first-order valence-electron chi connectivity index (χ1n) is 7.00. The van der Waals surface area contributed by atoms with Crippen LogP contribution in [-0.4, -0.2) is 16.0 Å². The molecule has 0 spiro atoms. The molecule has 0 bridgehead atoms. The Morgan fingerprint density at radius 3 is 2.61 bits per heavy atom. The van der Waals surface area contributed by atoms with Gasteiger partial charge in [-0.1, -0.05) is 48.0 Å². The van der Waals surface area contributed by atoms with Crippen LogP contribution in [0, 0.1) is 10.1 Å². The van der Waals surface area contributed by atoms with Crippen molar-refractivity contribution in [2.24, 2.45) is 0 Å². The molecule has 23 heavy (non-hydrogen) atoms. The van der Waals surface area contributed by atoms with Crippen molar-refractivity contribution in [3.63, 3.8) is 0 Å². The second kappa shape index (κ2) is 8.89. The van der Waals surface area contributed by atoms with E-state index in [1.165, 1.54) is 6.08 Å². The summed E-state index contributed by atoms with van der Waals surface area (Å²) >= 11 is 3.32. The zero-order chi connectivity index (χ0) is 17.4. The lowest BCUT2D eigenvalue weighted by atomic mass is 10.2. The van der Waals surface area contributed by atoms with Gasteiger partial charge in [0.05, 0.1) is 10.5 Å². The molecule has 0 fully saturated rings. The van der Waals surface area contributed by atoms with Gasteiger partial charge in [0.2, 0.25) is 0 Å². The molecule has 7 heteroatoms. The predicted molar refractivity (Wildman–Crippen MR) is 92.6 cm³/mol. The molecule has 2 rings (SSSR count). The van der Waals surface area contributed by atoms with Crippen LogP contribution in [0.1, 0.15) is 20.3 Å². The lowest BCUT2D eigenvalue weighted by molar-refractivity contribution is -0.420. The Labute approximate surface area is 142 Å².